The third kappa shape index (κ3) is 2.73. The molecule has 5 aliphatic rings. The normalized spacial score (nSPS) is 42.5. The Morgan fingerprint density at radius 2 is 1.91 bits per heavy atom. The first-order chi connectivity index (χ1) is 10.5. The zero-order valence-corrected chi connectivity index (χ0v) is 13.9. The van der Waals surface area contributed by atoms with E-state index in [-0.39, 0.29) is 22.9 Å². The molecule has 0 spiro atoms. The van der Waals surface area contributed by atoms with Gasteiger partial charge in [-0.1, -0.05) is 0 Å². The van der Waals surface area contributed by atoms with Crippen molar-refractivity contribution in [1.82, 2.24) is 10.2 Å². The molecular formula is C17H27ClN2O2. The second kappa shape index (κ2) is 5.27. The minimum Gasteiger partial charge on any atom is -0.395 e. The zero-order valence-electron chi connectivity index (χ0n) is 13.2. The lowest BCUT2D eigenvalue weighted by Crippen LogP contribution is -2.57. The van der Waals surface area contributed by atoms with Gasteiger partial charge in [-0.2, -0.15) is 0 Å². The Morgan fingerprint density at radius 3 is 2.45 bits per heavy atom. The van der Waals surface area contributed by atoms with Gasteiger partial charge < -0.3 is 15.3 Å². The van der Waals surface area contributed by atoms with E-state index >= 15 is 0 Å². The number of nitrogens with one attached hydrogen (secondary N) is 1. The Morgan fingerprint density at radius 1 is 1.23 bits per heavy atom. The first-order valence-electron chi connectivity index (χ1n) is 8.85. The summed E-state index contributed by atoms with van der Waals surface area (Å²) in [6.45, 7) is 1.26. The predicted molar refractivity (Wildman–Crippen MR) is 85.9 cm³/mol. The standard InChI is InChI=1S/C17H27ClN2O2/c18-17-8-12-5-13(9-17)7-16(6-12,10-17)11-19-15(22)20(3-4-21)14-1-2-14/h12-14,21H,1-11H2,(H,19,22)/t12-,13-,16?,17?/m1/s1. The number of hydrogen-bond acceptors (Lipinski definition) is 2. The molecule has 5 aliphatic carbocycles. The third-order valence-corrected chi connectivity index (χ3v) is 6.76. The molecule has 2 atom stereocenters. The average Bonchev–Trinajstić information content (AvgIpc) is 3.24. The molecule has 2 N–H and O–H groups in total. The monoisotopic (exact) mass is 326 g/mol. The van der Waals surface area contributed by atoms with E-state index in [0.29, 0.717) is 12.6 Å². The van der Waals surface area contributed by atoms with Crippen LogP contribution in [-0.2, 0) is 0 Å². The summed E-state index contributed by atoms with van der Waals surface area (Å²) in [4.78, 5) is 14.3. The molecule has 2 amide bonds. The molecule has 0 radical (unpaired) electrons. The van der Waals surface area contributed by atoms with Crippen molar-refractivity contribution in [2.75, 3.05) is 19.7 Å². The Labute approximate surface area is 137 Å². The minimum atomic E-state index is 0.0100. The predicted octanol–water partition coefficient (Wildman–Crippen LogP) is 2.73. The quantitative estimate of drug-likeness (QED) is 0.763. The molecule has 0 aromatic carbocycles. The Balaban J connectivity index is 1.40. The van der Waals surface area contributed by atoms with Crippen LogP contribution in [0, 0.1) is 17.3 Å². The first kappa shape index (κ1) is 15.1. The fourth-order valence-corrected chi connectivity index (χ4v) is 6.57. The molecule has 0 aliphatic heterocycles. The van der Waals surface area contributed by atoms with Crippen molar-refractivity contribution in [2.24, 2.45) is 17.3 Å². The van der Waals surface area contributed by atoms with Crippen LogP contribution in [0.25, 0.3) is 0 Å². The first-order valence-corrected chi connectivity index (χ1v) is 9.23. The highest BCUT2D eigenvalue weighted by Gasteiger charge is 2.57. The molecule has 0 heterocycles. The van der Waals surface area contributed by atoms with Crippen molar-refractivity contribution in [3.8, 4) is 0 Å². The van der Waals surface area contributed by atoms with Crippen LogP contribution >= 0.6 is 11.6 Å². The van der Waals surface area contributed by atoms with E-state index in [1.807, 2.05) is 4.90 Å². The van der Waals surface area contributed by atoms with Crippen LogP contribution in [0.3, 0.4) is 0 Å². The van der Waals surface area contributed by atoms with Crippen molar-refractivity contribution in [1.29, 1.82) is 0 Å². The zero-order chi connectivity index (χ0) is 15.4. The lowest BCUT2D eigenvalue weighted by molar-refractivity contribution is -0.0378. The number of amides is 2. The Kier molecular flexibility index (Phi) is 3.61. The number of hydrogen-bond donors (Lipinski definition) is 2. The number of aliphatic hydroxyl groups is 1. The van der Waals surface area contributed by atoms with Gasteiger partial charge in [0.1, 0.15) is 0 Å². The summed E-state index contributed by atoms with van der Waals surface area (Å²) < 4.78 is 0. The van der Waals surface area contributed by atoms with Crippen LogP contribution in [0.2, 0.25) is 0 Å². The topological polar surface area (TPSA) is 52.6 Å². The van der Waals surface area contributed by atoms with Gasteiger partial charge in [0.2, 0.25) is 0 Å². The molecule has 5 fully saturated rings. The summed E-state index contributed by atoms with van der Waals surface area (Å²) in [5.41, 5.74) is 0.232. The van der Waals surface area contributed by atoms with Gasteiger partial charge in [0.05, 0.1) is 6.61 Å². The molecule has 22 heavy (non-hydrogen) atoms. The van der Waals surface area contributed by atoms with Crippen molar-refractivity contribution in [3.63, 3.8) is 0 Å². The van der Waals surface area contributed by atoms with Crippen LogP contribution < -0.4 is 5.32 Å². The fourth-order valence-electron chi connectivity index (χ4n) is 5.85. The van der Waals surface area contributed by atoms with Crippen molar-refractivity contribution in [3.05, 3.63) is 0 Å². The van der Waals surface area contributed by atoms with Gasteiger partial charge in [-0.15, -0.1) is 11.6 Å². The molecule has 0 saturated heterocycles. The molecule has 4 nitrogen and oxygen atoms in total. The van der Waals surface area contributed by atoms with Crippen LogP contribution in [0.1, 0.15) is 51.4 Å². The molecular weight excluding hydrogens is 300 g/mol. The van der Waals surface area contributed by atoms with Gasteiger partial charge in [-0.25, -0.2) is 4.79 Å². The maximum atomic E-state index is 12.5. The summed E-state index contributed by atoms with van der Waals surface area (Å²) >= 11 is 6.85. The number of nitrogens with zero attached hydrogens (tertiary/aromatic N) is 1. The molecule has 5 saturated carbocycles. The number of urea groups is 1. The third-order valence-electron chi connectivity index (χ3n) is 6.31. The van der Waals surface area contributed by atoms with Crippen LogP contribution in [0.4, 0.5) is 4.79 Å². The Bertz CT molecular complexity index is 452. The smallest absolute Gasteiger partial charge is 0.317 e. The molecule has 4 bridgehead atoms. The molecule has 0 aromatic heterocycles. The van der Waals surface area contributed by atoms with Gasteiger partial charge in [0.15, 0.2) is 0 Å². The highest BCUT2D eigenvalue weighted by atomic mass is 35.5. The van der Waals surface area contributed by atoms with Crippen molar-refractivity contribution >= 4 is 17.6 Å². The van der Waals surface area contributed by atoms with Crippen LogP contribution in [0.15, 0.2) is 0 Å². The van der Waals surface area contributed by atoms with Crippen LogP contribution in [0.5, 0.6) is 0 Å². The molecule has 5 heteroatoms. The van der Waals surface area contributed by atoms with E-state index in [1.54, 1.807) is 0 Å². The van der Waals surface area contributed by atoms with Gasteiger partial charge in [0, 0.05) is 24.0 Å². The minimum absolute atomic E-state index is 0.0100. The summed E-state index contributed by atoms with van der Waals surface area (Å²) in [6.07, 6.45) is 9.41. The van der Waals surface area contributed by atoms with E-state index < -0.39 is 0 Å². The van der Waals surface area contributed by atoms with E-state index in [0.717, 1.165) is 37.6 Å². The highest BCUT2D eigenvalue weighted by molar-refractivity contribution is 6.24. The van der Waals surface area contributed by atoms with Gasteiger partial charge in [-0.3, -0.25) is 0 Å². The van der Waals surface area contributed by atoms with Gasteiger partial charge in [0.25, 0.3) is 0 Å². The second-order valence-corrected chi connectivity index (χ2v) is 9.22. The van der Waals surface area contributed by atoms with Gasteiger partial charge in [-0.05, 0) is 68.6 Å². The number of alkyl halides is 1. The lowest BCUT2D eigenvalue weighted by Gasteiger charge is -2.60. The largest absolute Gasteiger partial charge is 0.395 e. The summed E-state index contributed by atoms with van der Waals surface area (Å²) in [7, 11) is 0. The van der Waals surface area contributed by atoms with Crippen molar-refractivity contribution in [2.45, 2.75) is 62.3 Å². The maximum absolute atomic E-state index is 12.5. The number of halogens is 1. The van der Waals surface area contributed by atoms with Crippen molar-refractivity contribution < 1.29 is 9.90 Å². The SMILES string of the molecule is O=C(NCC12C[C@H]3C[C@@H](CC(Cl)(C3)C1)C2)N(CCO)C1CC1. The molecule has 0 aromatic rings. The molecule has 5 rings (SSSR count). The summed E-state index contributed by atoms with van der Waals surface area (Å²) in [6, 6.07) is 0.360. The lowest BCUT2D eigenvalue weighted by atomic mass is 9.49. The second-order valence-electron chi connectivity index (χ2n) is 8.42. The number of rotatable bonds is 5. The fraction of sp³-hybridized carbons (Fsp3) is 0.941. The summed E-state index contributed by atoms with van der Waals surface area (Å²) in [5, 5.41) is 12.3. The highest BCUT2D eigenvalue weighted by Crippen LogP contribution is 2.63. The maximum Gasteiger partial charge on any atom is 0.317 e. The van der Waals surface area contributed by atoms with E-state index in [1.165, 1.54) is 32.1 Å². The number of carbonyl (C=O) groups excluding carboxylic acids is 1. The number of carbonyl (C=O) groups is 1. The Hall–Kier alpha value is -0.480. The molecule has 124 valence electrons. The molecule has 0 unspecified atom stereocenters. The number of aliphatic hydroxyl groups excluding tert-OH is 1. The summed E-state index contributed by atoms with van der Waals surface area (Å²) in [5.74, 6) is 1.54. The van der Waals surface area contributed by atoms with Gasteiger partial charge >= 0.3 is 6.03 Å². The van der Waals surface area contributed by atoms with E-state index in [4.69, 9.17) is 16.7 Å². The van der Waals surface area contributed by atoms with Crippen LogP contribution in [-0.4, -0.2) is 46.6 Å². The van der Waals surface area contributed by atoms with E-state index in [2.05, 4.69) is 5.32 Å². The average molecular weight is 327 g/mol. The van der Waals surface area contributed by atoms with E-state index in [9.17, 15) is 4.79 Å².